The van der Waals surface area contributed by atoms with Crippen LogP contribution in [0.25, 0.3) is 12.2 Å². The number of hydrogen-bond acceptors (Lipinski definition) is 2. The monoisotopic (exact) mass is 374 g/mol. The molecule has 1 fully saturated rings. The zero-order chi connectivity index (χ0) is 18.2. The number of rotatable bonds is 3. The van der Waals surface area contributed by atoms with Crippen LogP contribution in [0.2, 0.25) is 10.0 Å². The zero-order valence-corrected chi connectivity index (χ0v) is 16.4. The molecule has 2 nitrogen and oxygen atoms in total. The molecule has 0 N–H and O–H groups in total. The maximum absolute atomic E-state index is 6.50. The Bertz CT molecular complexity index is 762. The molecule has 3 rings (SSSR count). The van der Waals surface area contributed by atoms with Gasteiger partial charge < -0.3 is 9.31 Å². The molecule has 0 bridgehead atoms. The molecule has 2 aromatic rings. The van der Waals surface area contributed by atoms with E-state index in [1.165, 1.54) is 0 Å². The molecule has 1 aliphatic heterocycles. The van der Waals surface area contributed by atoms with Crippen LogP contribution in [0.15, 0.2) is 42.5 Å². The first-order valence-electron chi connectivity index (χ1n) is 8.27. The lowest BCUT2D eigenvalue weighted by Gasteiger charge is -2.32. The highest BCUT2D eigenvalue weighted by atomic mass is 35.5. The molecule has 0 aromatic heterocycles. The van der Waals surface area contributed by atoms with Gasteiger partial charge in [-0.2, -0.15) is 0 Å². The fourth-order valence-corrected chi connectivity index (χ4v) is 3.32. The Hall–Kier alpha value is -1.26. The minimum atomic E-state index is -0.572. The molecule has 0 radical (unpaired) electrons. The molecule has 0 amide bonds. The number of benzene rings is 2. The zero-order valence-electron chi connectivity index (χ0n) is 14.8. The van der Waals surface area contributed by atoms with Gasteiger partial charge in [0.1, 0.15) is 0 Å². The average Bonchev–Trinajstić information content (AvgIpc) is 2.73. The topological polar surface area (TPSA) is 18.5 Å². The minimum absolute atomic E-state index is 0.434. The lowest BCUT2D eigenvalue weighted by Crippen LogP contribution is -2.41. The maximum atomic E-state index is 6.50. The quantitative estimate of drug-likeness (QED) is 0.524. The molecule has 1 heterocycles. The Morgan fingerprint density at radius 2 is 1.28 bits per heavy atom. The molecule has 0 saturated carbocycles. The molecule has 130 valence electrons. The van der Waals surface area contributed by atoms with Crippen molar-refractivity contribution in [1.29, 1.82) is 0 Å². The molecule has 25 heavy (non-hydrogen) atoms. The lowest BCUT2D eigenvalue weighted by atomic mass is 9.78. The Kier molecular flexibility index (Phi) is 5.05. The third-order valence-electron chi connectivity index (χ3n) is 4.86. The summed E-state index contributed by atoms with van der Waals surface area (Å²) >= 11 is 13.0. The van der Waals surface area contributed by atoms with Crippen molar-refractivity contribution in [2.24, 2.45) is 0 Å². The second kappa shape index (κ2) is 6.81. The van der Waals surface area contributed by atoms with Crippen LogP contribution in [-0.4, -0.2) is 18.3 Å². The number of halogens is 2. The molecule has 1 saturated heterocycles. The summed E-state index contributed by atoms with van der Waals surface area (Å²) in [6, 6.07) is 13.8. The summed E-state index contributed by atoms with van der Waals surface area (Å²) in [5, 5.41) is 1.08. The van der Waals surface area contributed by atoms with Gasteiger partial charge in [0, 0.05) is 15.5 Å². The molecule has 0 atom stereocenters. The van der Waals surface area contributed by atoms with Gasteiger partial charge in [-0.15, -0.1) is 0 Å². The van der Waals surface area contributed by atoms with Gasteiger partial charge in [0.15, 0.2) is 0 Å². The van der Waals surface area contributed by atoms with Crippen LogP contribution < -0.4 is 5.46 Å². The van der Waals surface area contributed by atoms with Gasteiger partial charge in [-0.3, -0.25) is 0 Å². The van der Waals surface area contributed by atoms with E-state index in [-0.39, 0.29) is 0 Å². The molecule has 0 unspecified atom stereocenters. The van der Waals surface area contributed by atoms with E-state index < -0.39 is 18.3 Å². The summed E-state index contributed by atoms with van der Waals surface area (Å²) in [4.78, 5) is 0. The van der Waals surface area contributed by atoms with Crippen molar-refractivity contribution in [2.75, 3.05) is 0 Å². The van der Waals surface area contributed by atoms with Crippen LogP contribution in [0.5, 0.6) is 0 Å². The first kappa shape index (κ1) is 18.5. The fraction of sp³-hybridized carbons (Fsp3) is 0.300. The summed E-state index contributed by atoms with van der Waals surface area (Å²) < 4.78 is 12.1. The Morgan fingerprint density at radius 3 is 1.80 bits per heavy atom. The first-order valence-corrected chi connectivity index (χ1v) is 9.03. The third kappa shape index (κ3) is 3.80. The van der Waals surface area contributed by atoms with Crippen molar-refractivity contribution in [1.82, 2.24) is 0 Å². The van der Waals surface area contributed by atoms with Crippen LogP contribution in [-0.2, 0) is 9.31 Å². The smallest absolute Gasteiger partial charge is 0.399 e. The fourth-order valence-electron chi connectivity index (χ4n) is 2.64. The van der Waals surface area contributed by atoms with E-state index in [1.54, 1.807) is 0 Å². The van der Waals surface area contributed by atoms with Crippen molar-refractivity contribution in [3.05, 3.63) is 63.6 Å². The highest BCUT2D eigenvalue weighted by Crippen LogP contribution is 2.37. The van der Waals surface area contributed by atoms with Crippen molar-refractivity contribution in [3.63, 3.8) is 0 Å². The highest BCUT2D eigenvalue weighted by Gasteiger charge is 2.52. The Labute approximate surface area is 159 Å². The summed E-state index contributed by atoms with van der Waals surface area (Å²) in [6.07, 6.45) is 4.01. The van der Waals surface area contributed by atoms with Crippen molar-refractivity contribution in [3.8, 4) is 0 Å². The summed E-state index contributed by atoms with van der Waals surface area (Å²) in [7, 11) is -0.572. The van der Waals surface area contributed by atoms with E-state index in [4.69, 9.17) is 32.5 Å². The lowest BCUT2D eigenvalue weighted by molar-refractivity contribution is 0.00578. The summed E-state index contributed by atoms with van der Waals surface area (Å²) in [5.74, 6) is 0. The second-order valence-electron chi connectivity index (χ2n) is 7.23. The number of hydrogen-bond donors (Lipinski definition) is 0. The third-order valence-corrected chi connectivity index (χ3v) is 5.48. The van der Waals surface area contributed by atoms with E-state index in [2.05, 4.69) is 0 Å². The second-order valence-corrected chi connectivity index (χ2v) is 8.04. The van der Waals surface area contributed by atoms with Crippen molar-refractivity contribution >= 4 is 47.9 Å². The Balaban J connectivity index is 1.88. The van der Waals surface area contributed by atoms with Crippen molar-refractivity contribution < 1.29 is 9.31 Å². The van der Waals surface area contributed by atoms with Gasteiger partial charge in [-0.25, -0.2) is 0 Å². The average molecular weight is 375 g/mol. The molecular weight excluding hydrogens is 354 g/mol. The summed E-state index contributed by atoms with van der Waals surface area (Å²) in [6.45, 7) is 8.02. The van der Waals surface area contributed by atoms with Gasteiger partial charge in [0.2, 0.25) is 0 Å². The normalized spacial score (nSPS) is 18.9. The molecular formula is C20H21BCl2O2. The molecule has 5 heteroatoms. The molecule has 0 aliphatic carbocycles. The van der Waals surface area contributed by atoms with Crippen LogP contribution in [0.4, 0.5) is 0 Å². The standard InChI is InChI=1S/C20H21BCl2O2/c1-19(2)20(3,4)25-21(24-19)18-16(22)12-15(13-17(18)23)11-10-14-8-6-5-7-9-14/h5-13H,1-4H3. The minimum Gasteiger partial charge on any atom is -0.399 e. The predicted octanol–water partition coefficient (Wildman–Crippen LogP) is 5.46. The van der Waals surface area contributed by atoms with Crippen LogP contribution in [0.1, 0.15) is 38.8 Å². The van der Waals surface area contributed by atoms with Gasteiger partial charge >= 0.3 is 7.12 Å². The van der Waals surface area contributed by atoms with Gasteiger partial charge in [-0.05, 0) is 51.0 Å². The Morgan fingerprint density at radius 1 is 0.800 bits per heavy atom. The molecule has 1 aliphatic rings. The first-order chi connectivity index (χ1) is 11.7. The van der Waals surface area contributed by atoms with Gasteiger partial charge in [0.25, 0.3) is 0 Å². The van der Waals surface area contributed by atoms with E-state index in [1.807, 2.05) is 82.3 Å². The SMILES string of the molecule is CC1(C)OB(c2c(Cl)cc(C=Cc3ccccc3)cc2Cl)OC1(C)C. The van der Waals surface area contributed by atoms with Crippen LogP contribution in [0.3, 0.4) is 0 Å². The van der Waals surface area contributed by atoms with E-state index in [0.717, 1.165) is 11.1 Å². The van der Waals surface area contributed by atoms with E-state index >= 15 is 0 Å². The molecule has 0 spiro atoms. The van der Waals surface area contributed by atoms with E-state index in [0.29, 0.717) is 15.5 Å². The largest absolute Gasteiger partial charge is 0.497 e. The highest BCUT2D eigenvalue weighted by molar-refractivity contribution is 6.69. The maximum Gasteiger partial charge on any atom is 0.497 e. The van der Waals surface area contributed by atoms with Crippen LogP contribution >= 0.6 is 23.2 Å². The van der Waals surface area contributed by atoms with Crippen molar-refractivity contribution in [2.45, 2.75) is 38.9 Å². The van der Waals surface area contributed by atoms with Crippen LogP contribution in [0, 0.1) is 0 Å². The van der Waals surface area contributed by atoms with Gasteiger partial charge in [0.05, 0.1) is 11.2 Å². The summed E-state index contributed by atoms with van der Waals surface area (Å²) in [5.41, 5.74) is 1.86. The van der Waals surface area contributed by atoms with Gasteiger partial charge in [-0.1, -0.05) is 65.7 Å². The van der Waals surface area contributed by atoms with E-state index in [9.17, 15) is 0 Å². The molecule has 2 aromatic carbocycles. The predicted molar refractivity (Wildman–Crippen MR) is 108 cm³/mol.